The van der Waals surface area contributed by atoms with E-state index in [1.165, 1.54) is 5.56 Å². The van der Waals surface area contributed by atoms with Crippen LogP contribution in [0.15, 0.2) is 36.7 Å². The van der Waals surface area contributed by atoms with E-state index >= 15 is 0 Å². The van der Waals surface area contributed by atoms with Gasteiger partial charge in [-0.25, -0.2) is 0 Å². The molecular weight excluding hydrogens is 390 g/mol. The minimum atomic E-state index is 0.0644. The molecule has 0 aliphatic carbocycles. The highest BCUT2D eigenvalue weighted by atomic mass is 16.5. The van der Waals surface area contributed by atoms with Gasteiger partial charge in [-0.2, -0.15) is 0 Å². The monoisotopic (exact) mass is 427 g/mol. The number of rotatable bonds is 8. The number of piperidine rings is 1. The van der Waals surface area contributed by atoms with Gasteiger partial charge in [0.2, 0.25) is 5.75 Å². The summed E-state index contributed by atoms with van der Waals surface area (Å²) >= 11 is 0. The summed E-state index contributed by atoms with van der Waals surface area (Å²) in [7, 11) is 4.95. The van der Waals surface area contributed by atoms with Crippen LogP contribution in [0.2, 0.25) is 0 Å². The maximum atomic E-state index is 5.59. The van der Waals surface area contributed by atoms with Crippen molar-refractivity contribution in [3.8, 4) is 17.2 Å². The van der Waals surface area contributed by atoms with Crippen LogP contribution in [0, 0.1) is 0 Å². The van der Waals surface area contributed by atoms with Crippen molar-refractivity contribution in [2.45, 2.75) is 70.7 Å². The lowest BCUT2D eigenvalue weighted by molar-refractivity contribution is 0.0562. The molecular formula is C25H37N3O3. The van der Waals surface area contributed by atoms with Crippen LogP contribution in [0.5, 0.6) is 17.2 Å². The van der Waals surface area contributed by atoms with E-state index in [0.717, 1.165) is 31.5 Å². The van der Waals surface area contributed by atoms with Crippen molar-refractivity contribution in [2.24, 2.45) is 0 Å². The summed E-state index contributed by atoms with van der Waals surface area (Å²) in [5, 5.41) is 3.80. The molecule has 0 bridgehead atoms. The maximum Gasteiger partial charge on any atom is 0.203 e. The molecule has 1 saturated heterocycles. The third kappa shape index (κ3) is 5.89. The SMILES string of the molecule is COc1cc(CN(Cc2cccnc2)C2CC(C)(C)NC(C)(C)C2)cc(OC)c1OC. The molecule has 1 N–H and O–H groups in total. The highest BCUT2D eigenvalue weighted by molar-refractivity contribution is 5.53. The molecule has 0 unspecified atom stereocenters. The van der Waals surface area contributed by atoms with E-state index in [9.17, 15) is 0 Å². The molecule has 170 valence electrons. The molecule has 0 spiro atoms. The Morgan fingerprint density at radius 3 is 2.00 bits per heavy atom. The predicted octanol–water partition coefficient (Wildman–Crippen LogP) is 4.42. The first-order valence-corrected chi connectivity index (χ1v) is 10.9. The summed E-state index contributed by atoms with van der Waals surface area (Å²) in [5.41, 5.74) is 2.47. The second-order valence-electron chi connectivity index (χ2n) is 9.75. The minimum absolute atomic E-state index is 0.0644. The van der Waals surface area contributed by atoms with Crippen LogP contribution in [-0.2, 0) is 13.1 Å². The zero-order valence-corrected chi connectivity index (χ0v) is 20.0. The smallest absolute Gasteiger partial charge is 0.203 e. The van der Waals surface area contributed by atoms with Gasteiger partial charge in [-0.1, -0.05) is 6.07 Å². The first-order chi connectivity index (χ1) is 14.7. The largest absolute Gasteiger partial charge is 0.493 e. The van der Waals surface area contributed by atoms with Gasteiger partial charge in [0, 0.05) is 42.6 Å². The first-order valence-electron chi connectivity index (χ1n) is 10.9. The van der Waals surface area contributed by atoms with Crippen LogP contribution in [-0.4, -0.2) is 48.3 Å². The van der Waals surface area contributed by atoms with Crippen molar-refractivity contribution < 1.29 is 14.2 Å². The molecule has 0 saturated carbocycles. The Labute approximate surface area is 186 Å². The highest BCUT2D eigenvalue weighted by Crippen LogP contribution is 2.39. The van der Waals surface area contributed by atoms with Crippen molar-refractivity contribution in [3.05, 3.63) is 47.8 Å². The van der Waals surface area contributed by atoms with Gasteiger partial charge < -0.3 is 19.5 Å². The fourth-order valence-electron chi connectivity index (χ4n) is 5.03. The second kappa shape index (κ2) is 9.45. The van der Waals surface area contributed by atoms with Crippen LogP contribution >= 0.6 is 0 Å². The van der Waals surface area contributed by atoms with E-state index in [4.69, 9.17) is 14.2 Å². The number of methoxy groups -OCH3 is 3. The van der Waals surface area contributed by atoms with Crippen LogP contribution < -0.4 is 19.5 Å². The average Bonchev–Trinajstić information content (AvgIpc) is 2.71. The molecule has 0 amide bonds. The molecule has 1 aromatic heterocycles. The van der Waals surface area contributed by atoms with Crippen LogP contribution in [0.25, 0.3) is 0 Å². The van der Waals surface area contributed by atoms with Gasteiger partial charge in [0.1, 0.15) is 0 Å². The van der Waals surface area contributed by atoms with Gasteiger partial charge in [-0.15, -0.1) is 0 Å². The number of nitrogens with one attached hydrogen (secondary N) is 1. The quantitative estimate of drug-likeness (QED) is 0.673. The number of hydrogen-bond acceptors (Lipinski definition) is 6. The van der Waals surface area contributed by atoms with E-state index in [1.807, 2.05) is 18.5 Å². The van der Waals surface area contributed by atoms with E-state index in [0.29, 0.717) is 23.3 Å². The average molecular weight is 428 g/mol. The van der Waals surface area contributed by atoms with E-state index in [-0.39, 0.29) is 11.1 Å². The Morgan fingerprint density at radius 1 is 0.935 bits per heavy atom. The first kappa shape index (κ1) is 23.4. The Morgan fingerprint density at radius 2 is 1.52 bits per heavy atom. The molecule has 6 heteroatoms. The van der Waals surface area contributed by atoms with Crippen molar-refractivity contribution in [1.29, 1.82) is 0 Å². The van der Waals surface area contributed by atoms with Gasteiger partial charge in [-0.3, -0.25) is 9.88 Å². The molecule has 1 fully saturated rings. The predicted molar refractivity (Wildman–Crippen MR) is 124 cm³/mol. The molecule has 31 heavy (non-hydrogen) atoms. The number of hydrogen-bond donors (Lipinski definition) is 1. The second-order valence-corrected chi connectivity index (χ2v) is 9.75. The van der Waals surface area contributed by atoms with Crippen molar-refractivity contribution in [1.82, 2.24) is 15.2 Å². The van der Waals surface area contributed by atoms with E-state index in [1.54, 1.807) is 21.3 Å². The van der Waals surface area contributed by atoms with Gasteiger partial charge in [0.05, 0.1) is 21.3 Å². The van der Waals surface area contributed by atoms with Gasteiger partial charge in [-0.05, 0) is 69.9 Å². The molecule has 0 radical (unpaired) electrons. The third-order valence-electron chi connectivity index (χ3n) is 5.90. The lowest BCUT2D eigenvalue weighted by Crippen LogP contribution is -2.62. The van der Waals surface area contributed by atoms with Crippen LogP contribution in [0.3, 0.4) is 0 Å². The zero-order valence-electron chi connectivity index (χ0n) is 20.0. The summed E-state index contributed by atoms with van der Waals surface area (Å²) in [5.74, 6) is 1.99. The molecule has 1 aliphatic rings. The Hall–Kier alpha value is -2.31. The number of benzene rings is 1. The zero-order chi connectivity index (χ0) is 22.6. The molecule has 2 aromatic rings. The summed E-state index contributed by atoms with van der Waals surface area (Å²) in [4.78, 5) is 6.89. The third-order valence-corrected chi connectivity index (χ3v) is 5.90. The van der Waals surface area contributed by atoms with Gasteiger partial charge in [0.15, 0.2) is 11.5 Å². The summed E-state index contributed by atoms with van der Waals surface area (Å²) in [6.45, 7) is 10.8. The van der Waals surface area contributed by atoms with E-state index in [2.05, 4.69) is 61.1 Å². The number of pyridine rings is 1. The molecule has 3 rings (SSSR count). The molecule has 0 atom stereocenters. The number of aromatic nitrogens is 1. The topological polar surface area (TPSA) is 55.9 Å². The Kier molecular flexibility index (Phi) is 7.12. The Bertz CT molecular complexity index is 827. The molecule has 6 nitrogen and oxygen atoms in total. The van der Waals surface area contributed by atoms with Crippen molar-refractivity contribution in [3.63, 3.8) is 0 Å². The lowest BCUT2D eigenvalue weighted by atomic mass is 9.79. The standard InChI is InChI=1S/C25H37N3O3/c1-24(2)13-20(14-25(3,4)27-24)28(16-18-9-8-10-26-15-18)17-19-11-21(29-5)23(31-7)22(12-19)30-6/h8-12,15,20,27H,13-14,16-17H2,1-7H3. The van der Waals surface area contributed by atoms with Crippen molar-refractivity contribution in [2.75, 3.05) is 21.3 Å². The molecule has 2 heterocycles. The summed E-state index contributed by atoms with van der Waals surface area (Å²) in [6, 6.07) is 8.67. The van der Waals surface area contributed by atoms with Crippen LogP contribution in [0.1, 0.15) is 51.7 Å². The normalized spacial score (nSPS) is 18.1. The maximum absolute atomic E-state index is 5.59. The van der Waals surface area contributed by atoms with Gasteiger partial charge in [0.25, 0.3) is 0 Å². The summed E-state index contributed by atoms with van der Waals surface area (Å²) < 4.78 is 16.7. The van der Waals surface area contributed by atoms with E-state index < -0.39 is 0 Å². The van der Waals surface area contributed by atoms with Gasteiger partial charge >= 0.3 is 0 Å². The molecule has 1 aliphatic heterocycles. The number of nitrogens with zero attached hydrogens (tertiary/aromatic N) is 2. The van der Waals surface area contributed by atoms with Crippen molar-refractivity contribution >= 4 is 0 Å². The number of ether oxygens (including phenoxy) is 3. The fraction of sp³-hybridized carbons (Fsp3) is 0.560. The van der Waals surface area contributed by atoms with Crippen LogP contribution in [0.4, 0.5) is 0 Å². The fourth-order valence-corrected chi connectivity index (χ4v) is 5.03. The highest BCUT2D eigenvalue weighted by Gasteiger charge is 2.40. The minimum Gasteiger partial charge on any atom is -0.493 e. The lowest BCUT2D eigenvalue weighted by Gasteiger charge is -2.49. The Balaban J connectivity index is 1.95. The molecule has 1 aromatic carbocycles. The summed E-state index contributed by atoms with van der Waals surface area (Å²) in [6.07, 6.45) is 5.92.